The van der Waals surface area contributed by atoms with Crippen molar-refractivity contribution in [1.29, 1.82) is 0 Å². The van der Waals surface area contributed by atoms with Crippen LogP contribution in [0.2, 0.25) is 0 Å². The van der Waals surface area contributed by atoms with Crippen molar-refractivity contribution in [3.05, 3.63) is 35.4 Å². The molecular weight excluding hydrogens is 310 g/mol. The summed E-state index contributed by atoms with van der Waals surface area (Å²) in [6.45, 7) is 3.95. The monoisotopic (exact) mass is 341 g/mol. The molecule has 1 aliphatic carbocycles. The van der Waals surface area contributed by atoms with E-state index in [1.54, 1.807) is 0 Å². The van der Waals surface area contributed by atoms with Gasteiger partial charge < -0.3 is 5.32 Å². The lowest BCUT2D eigenvalue weighted by atomic mass is 9.92. The zero-order valence-electron chi connectivity index (χ0n) is 15.5. The first-order chi connectivity index (χ1) is 12.2. The van der Waals surface area contributed by atoms with Crippen LogP contribution < -0.4 is 5.32 Å². The second-order valence-electron chi connectivity index (χ2n) is 8.18. The summed E-state index contributed by atoms with van der Waals surface area (Å²) < 4.78 is 0. The van der Waals surface area contributed by atoms with Gasteiger partial charge in [0.15, 0.2) is 0 Å². The van der Waals surface area contributed by atoms with Gasteiger partial charge in [-0.3, -0.25) is 14.6 Å². The zero-order valence-corrected chi connectivity index (χ0v) is 15.5. The SMILES string of the molecule is CN1Cc2ccccc2C[C@@H]1CNC(=O)C1(N2CCCC2)CCCC1. The normalized spacial score (nSPS) is 26.5. The highest BCUT2D eigenvalue weighted by atomic mass is 16.2. The first-order valence-corrected chi connectivity index (χ1v) is 9.99. The number of carbonyl (C=O) groups is 1. The Morgan fingerprint density at radius 1 is 1.12 bits per heavy atom. The van der Waals surface area contributed by atoms with Crippen LogP contribution in [0.1, 0.15) is 49.7 Å². The van der Waals surface area contributed by atoms with Crippen LogP contribution in [0.15, 0.2) is 24.3 Å². The lowest BCUT2D eigenvalue weighted by molar-refractivity contribution is -0.133. The Balaban J connectivity index is 1.41. The van der Waals surface area contributed by atoms with Crippen molar-refractivity contribution >= 4 is 5.91 Å². The van der Waals surface area contributed by atoms with E-state index in [4.69, 9.17) is 0 Å². The highest BCUT2D eigenvalue weighted by molar-refractivity contribution is 5.86. The molecule has 0 bridgehead atoms. The topological polar surface area (TPSA) is 35.6 Å². The van der Waals surface area contributed by atoms with E-state index in [-0.39, 0.29) is 5.54 Å². The van der Waals surface area contributed by atoms with Gasteiger partial charge in [-0.1, -0.05) is 37.1 Å². The molecule has 136 valence electrons. The van der Waals surface area contributed by atoms with Crippen molar-refractivity contribution < 1.29 is 4.79 Å². The van der Waals surface area contributed by atoms with Gasteiger partial charge in [-0.15, -0.1) is 0 Å². The summed E-state index contributed by atoms with van der Waals surface area (Å²) in [5.74, 6) is 0.291. The maximum absolute atomic E-state index is 13.2. The maximum Gasteiger partial charge on any atom is 0.240 e. The van der Waals surface area contributed by atoms with E-state index in [1.165, 1.54) is 36.8 Å². The fraction of sp³-hybridized carbons (Fsp3) is 0.667. The fourth-order valence-corrected chi connectivity index (χ4v) is 5.11. The van der Waals surface area contributed by atoms with Gasteiger partial charge in [-0.05, 0) is 63.4 Å². The lowest BCUT2D eigenvalue weighted by Gasteiger charge is -2.39. The van der Waals surface area contributed by atoms with Crippen molar-refractivity contribution in [2.45, 2.75) is 63.1 Å². The average Bonchev–Trinajstić information content (AvgIpc) is 3.31. The summed E-state index contributed by atoms with van der Waals surface area (Å²) in [7, 11) is 2.18. The summed E-state index contributed by atoms with van der Waals surface area (Å²) in [5.41, 5.74) is 2.66. The van der Waals surface area contributed by atoms with Gasteiger partial charge >= 0.3 is 0 Å². The molecule has 3 aliphatic rings. The predicted octanol–water partition coefficient (Wildman–Crippen LogP) is 2.57. The van der Waals surface area contributed by atoms with Gasteiger partial charge in [0.1, 0.15) is 5.54 Å². The van der Waals surface area contributed by atoms with Crippen LogP contribution in [-0.4, -0.2) is 54.0 Å². The van der Waals surface area contributed by atoms with Gasteiger partial charge in [-0.25, -0.2) is 0 Å². The van der Waals surface area contributed by atoms with E-state index in [2.05, 4.69) is 46.4 Å². The molecule has 2 heterocycles. The molecule has 4 heteroatoms. The van der Waals surface area contributed by atoms with E-state index >= 15 is 0 Å². The molecule has 1 aromatic carbocycles. The molecule has 2 fully saturated rings. The van der Waals surface area contributed by atoms with Gasteiger partial charge in [-0.2, -0.15) is 0 Å². The third-order valence-electron chi connectivity index (χ3n) is 6.68. The summed E-state index contributed by atoms with van der Waals surface area (Å²) >= 11 is 0. The summed E-state index contributed by atoms with van der Waals surface area (Å²) in [6, 6.07) is 9.10. The van der Waals surface area contributed by atoms with E-state index in [0.29, 0.717) is 11.9 Å². The minimum atomic E-state index is -0.207. The number of amides is 1. The third-order valence-corrected chi connectivity index (χ3v) is 6.68. The lowest BCUT2D eigenvalue weighted by Crippen LogP contribution is -2.58. The molecule has 4 nitrogen and oxygen atoms in total. The number of rotatable bonds is 4. The number of likely N-dealkylation sites (tertiary alicyclic amines) is 1. The number of hydrogen-bond donors (Lipinski definition) is 1. The second-order valence-corrected chi connectivity index (χ2v) is 8.18. The number of fused-ring (bicyclic) bond motifs is 1. The van der Waals surface area contributed by atoms with Crippen LogP contribution >= 0.6 is 0 Å². The van der Waals surface area contributed by atoms with E-state index in [9.17, 15) is 4.79 Å². The average molecular weight is 341 g/mol. The van der Waals surface area contributed by atoms with Crippen LogP contribution in [0.25, 0.3) is 0 Å². The predicted molar refractivity (Wildman–Crippen MR) is 100 cm³/mol. The molecule has 0 aromatic heterocycles. The second kappa shape index (κ2) is 7.08. The Bertz CT molecular complexity index is 617. The Morgan fingerprint density at radius 2 is 1.80 bits per heavy atom. The Hall–Kier alpha value is -1.39. The molecular formula is C21H31N3O. The zero-order chi connectivity index (χ0) is 17.3. The van der Waals surface area contributed by atoms with Crippen molar-refractivity contribution in [2.75, 3.05) is 26.7 Å². The van der Waals surface area contributed by atoms with Crippen LogP contribution in [0.3, 0.4) is 0 Å². The highest BCUT2D eigenvalue weighted by Crippen LogP contribution is 2.37. The standard InChI is InChI=1S/C21H31N3O/c1-23-16-18-9-3-2-8-17(18)14-19(23)15-22-20(25)21(10-4-5-11-21)24-12-6-7-13-24/h2-3,8-9,19H,4-7,10-16H2,1H3,(H,22,25)/t19-/m1/s1. The Morgan fingerprint density at radius 3 is 2.52 bits per heavy atom. The molecule has 1 aromatic rings. The van der Waals surface area contributed by atoms with E-state index in [1.807, 2.05) is 0 Å². The summed E-state index contributed by atoms with van der Waals surface area (Å²) in [5, 5.41) is 3.35. The molecule has 1 saturated heterocycles. The minimum Gasteiger partial charge on any atom is -0.353 e. The van der Waals surface area contributed by atoms with E-state index < -0.39 is 0 Å². The Kier molecular flexibility index (Phi) is 4.83. The third kappa shape index (κ3) is 3.22. The van der Waals surface area contributed by atoms with Crippen molar-refractivity contribution in [3.8, 4) is 0 Å². The van der Waals surface area contributed by atoms with Crippen LogP contribution in [0, 0.1) is 0 Å². The number of hydrogen-bond acceptors (Lipinski definition) is 3. The summed E-state index contributed by atoms with van der Waals surface area (Å²) in [6.07, 6.45) is 8.00. The van der Waals surface area contributed by atoms with Gasteiger partial charge in [0.05, 0.1) is 0 Å². The molecule has 4 rings (SSSR count). The molecule has 0 spiro atoms. The molecule has 25 heavy (non-hydrogen) atoms. The minimum absolute atomic E-state index is 0.207. The number of carbonyl (C=O) groups excluding carboxylic acids is 1. The largest absolute Gasteiger partial charge is 0.353 e. The Labute approximate surface area is 151 Å². The first-order valence-electron chi connectivity index (χ1n) is 9.99. The number of benzene rings is 1. The molecule has 1 amide bonds. The molecule has 0 unspecified atom stereocenters. The molecule has 1 atom stereocenters. The number of nitrogens with zero attached hydrogens (tertiary/aromatic N) is 2. The summed E-state index contributed by atoms with van der Waals surface area (Å²) in [4.78, 5) is 18.0. The first kappa shape index (κ1) is 17.0. The smallest absolute Gasteiger partial charge is 0.240 e. The van der Waals surface area contributed by atoms with Crippen LogP contribution in [-0.2, 0) is 17.8 Å². The molecule has 1 saturated carbocycles. The van der Waals surface area contributed by atoms with Gasteiger partial charge in [0.2, 0.25) is 5.91 Å². The molecule has 0 radical (unpaired) electrons. The quantitative estimate of drug-likeness (QED) is 0.914. The van der Waals surface area contributed by atoms with Gasteiger partial charge in [0.25, 0.3) is 0 Å². The molecule has 2 aliphatic heterocycles. The number of likely N-dealkylation sites (N-methyl/N-ethyl adjacent to an activating group) is 1. The fourth-order valence-electron chi connectivity index (χ4n) is 5.11. The van der Waals surface area contributed by atoms with Crippen molar-refractivity contribution in [3.63, 3.8) is 0 Å². The van der Waals surface area contributed by atoms with Gasteiger partial charge in [0, 0.05) is 19.1 Å². The molecule has 1 N–H and O–H groups in total. The van der Waals surface area contributed by atoms with Crippen molar-refractivity contribution in [2.24, 2.45) is 0 Å². The van der Waals surface area contributed by atoms with E-state index in [0.717, 1.165) is 45.4 Å². The highest BCUT2D eigenvalue weighted by Gasteiger charge is 2.46. The van der Waals surface area contributed by atoms with Crippen LogP contribution in [0.4, 0.5) is 0 Å². The maximum atomic E-state index is 13.2. The van der Waals surface area contributed by atoms with Crippen LogP contribution in [0.5, 0.6) is 0 Å². The van der Waals surface area contributed by atoms with Crippen molar-refractivity contribution in [1.82, 2.24) is 15.1 Å². The number of nitrogens with one attached hydrogen (secondary N) is 1.